The average molecular weight is 428 g/mol. The van der Waals surface area contributed by atoms with Crippen molar-refractivity contribution in [2.45, 2.75) is 38.1 Å². The van der Waals surface area contributed by atoms with E-state index in [-0.39, 0.29) is 17.7 Å². The Kier molecular flexibility index (Phi) is 6.31. The van der Waals surface area contributed by atoms with Crippen molar-refractivity contribution in [3.63, 3.8) is 0 Å². The minimum atomic E-state index is -0.456. The second-order valence-electron chi connectivity index (χ2n) is 7.92. The van der Waals surface area contributed by atoms with E-state index < -0.39 is 4.92 Å². The molecule has 11 nitrogen and oxygen atoms in total. The van der Waals surface area contributed by atoms with Crippen LogP contribution in [0.5, 0.6) is 5.75 Å². The summed E-state index contributed by atoms with van der Waals surface area (Å²) in [4.78, 5) is 29.2. The van der Waals surface area contributed by atoms with Gasteiger partial charge in [0.25, 0.3) is 5.69 Å². The zero-order valence-corrected chi connectivity index (χ0v) is 17.7. The Morgan fingerprint density at radius 1 is 1.10 bits per heavy atom. The van der Waals surface area contributed by atoms with Crippen molar-refractivity contribution in [1.29, 1.82) is 0 Å². The number of hydrogen-bond donors (Lipinski definition) is 2. The van der Waals surface area contributed by atoms with E-state index in [1.54, 1.807) is 12.1 Å². The smallest absolute Gasteiger partial charge is 0.296 e. The van der Waals surface area contributed by atoms with Gasteiger partial charge in [0, 0.05) is 32.2 Å². The number of aromatic nitrogens is 3. The number of hydrogen-bond acceptors (Lipinski definition) is 10. The third-order valence-corrected chi connectivity index (χ3v) is 5.64. The second kappa shape index (κ2) is 9.29. The first kappa shape index (κ1) is 21.0. The Labute approximate surface area is 180 Å². The number of nitrogens with one attached hydrogen (secondary N) is 1. The first-order valence-corrected chi connectivity index (χ1v) is 10.6. The molecule has 0 saturated carbocycles. The Bertz CT molecular complexity index is 935. The maximum absolute atomic E-state index is 11.6. The average Bonchev–Trinajstić information content (AvgIpc) is 2.79. The Hall–Kier alpha value is -3.21. The highest BCUT2D eigenvalue weighted by molar-refractivity contribution is 5.69. The Morgan fingerprint density at radius 2 is 1.81 bits per heavy atom. The number of nitrogens with zero attached hydrogens (tertiary/aromatic N) is 6. The van der Waals surface area contributed by atoms with E-state index >= 15 is 0 Å². The summed E-state index contributed by atoms with van der Waals surface area (Å²) in [7, 11) is 1.47. The molecule has 0 amide bonds. The molecule has 0 bridgehead atoms. The van der Waals surface area contributed by atoms with Crippen LogP contribution in [0, 0.1) is 10.1 Å². The molecule has 0 aliphatic carbocycles. The molecule has 11 heteroatoms. The topological polar surface area (TPSA) is 136 Å². The van der Waals surface area contributed by atoms with Crippen molar-refractivity contribution in [1.82, 2.24) is 15.0 Å². The first-order chi connectivity index (χ1) is 15.0. The van der Waals surface area contributed by atoms with E-state index in [9.17, 15) is 10.1 Å². The summed E-state index contributed by atoms with van der Waals surface area (Å²) < 4.78 is 5.12. The van der Waals surface area contributed by atoms with Gasteiger partial charge in [0.15, 0.2) is 0 Å². The predicted octanol–water partition coefficient (Wildman–Crippen LogP) is 2.45. The monoisotopic (exact) mass is 428 g/mol. The maximum Gasteiger partial charge on any atom is 0.296 e. The molecule has 31 heavy (non-hydrogen) atoms. The number of methoxy groups -OCH3 is 1. The molecule has 1 atom stereocenters. The van der Waals surface area contributed by atoms with Crippen molar-refractivity contribution in [3.8, 4) is 5.75 Å². The SMILES string of the molecule is COc1ccc(Nc2nc(N3CCCCC3)nc(N3CCC[C@@H](N)C3)n2)c([N+](=O)[O-])c1. The molecular weight excluding hydrogens is 400 g/mol. The predicted molar refractivity (Wildman–Crippen MR) is 118 cm³/mol. The summed E-state index contributed by atoms with van der Waals surface area (Å²) in [6.07, 6.45) is 5.31. The van der Waals surface area contributed by atoms with Crippen LogP contribution in [0.15, 0.2) is 18.2 Å². The summed E-state index contributed by atoms with van der Waals surface area (Å²) >= 11 is 0. The lowest BCUT2D eigenvalue weighted by atomic mass is 10.1. The first-order valence-electron chi connectivity index (χ1n) is 10.6. The number of benzene rings is 1. The van der Waals surface area contributed by atoms with Crippen LogP contribution in [0.4, 0.5) is 29.2 Å². The van der Waals surface area contributed by atoms with E-state index in [4.69, 9.17) is 15.5 Å². The van der Waals surface area contributed by atoms with E-state index in [1.807, 2.05) is 0 Å². The van der Waals surface area contributed by atoms with Gasteiger partial charge < -0.3 is 25.6 Å². The van der Waals surface area contributed by atoms with E-state index in [1.165, 1.54) is 19.6 Å². The van der Waals surface area contributed by atoms with Crippen LogP contribution in [0.1, 0.15) is 32.1 Å². The lowest BCUT2D eigenvalue weighted by Crippen LogP contribution is -2.44. The molecule has 1 aromatic heterocycles. The van der Waals surface area contributed by atoms with Crippen LogP contribution in [-0.2, 0) is 0 Å². The summed E-state index contributed by atoms with van der Waals surface area (Å²) in [6, 6.07) is 4.70. The fraction of sp³-hybridized carbons (Fsp3) is 0.550. The molecule has 1 aromatic carbocycles. The summed E-state index contributed by atoms with van der Waals surface area (Å²) in [5, 5.41) is 14.6. The van der Waals surface area contributed by atoms with Gasteiger partial charge in [0.2, 0.25) is 17.8 Å². The summed E-state index contributed by atoms with van der Waals surface area (Å²) in [5.74, 6) is 1.81. The molecule has 2 aromatic rings. The van der Waals surface area contributed by atoms with Crippen LogP contribution in [0.2, 0.25) is 0 Å². The minimum absolute atomic E-state index is 0.0723. The zero-order chi connectivity index (χ0) is 21.8. The lowest BCUT2D eigenvalue weighted by Gasteiger charge is -2.32. The van der Waals surface area contributed by atoms with Crippen LogP contribution in [0.25, 0.3) is 0 Å². The third-order valence-electron chi connectivity index (χ3n) is 5.64. The van der Waals surface area contributed by atoms with Crippen molar-refractivity contribution in [2.75, 3.05) is 48.4 Å². The molecule has 0 radical (unpaired) electrons. The number of anilines is 4. The molecule has 2 aliphatic rings. The normalized spacial score (nSPS) is 19.2. The lowest BCUT2D eigenvalue weighted by molar-refractivity contribution is -0.384. The van der Waals surface area contributed by atoms with Gasteiger partial charge in [-0.05, 0) is 44.2 Å². The Balaban J connectivity index is 1.69. The Morgan fingerprint density at radius 3 is 2.48 bits per heavy atom. The van der Waals surface area contributed by atoms with Gasteiger partial charge in [0.05, 0.1) is 18.1 Å². The number of nitro groups is 1. The largest absolute Gasteiger partial charge is 0.496 e. The minimum Gasteiger partial charge on any atom is -0.496 e. The van der Waals surface area contributed by atoms with Crippen molar-refractivity contribution >= 4 is 29.2 Å². The van der Waals surface area contributed by atoms with Gasteiger partial charge in [-0.1, -0.05) is 0 Å². The van der Waals surface area contributed by atoms with E-state index in [2.05, 4.69) is 25.1 Å². The highest BCUT2D eigenvalue weighted by Crippen LogP contribution is 2.31. The molecule has 2 saturated heterocycles. The quantitative estimate of drug-likeness (QED) is 0.521. The highest BCUT2D eigenvalue weighted by Gasteiger charge is 2.24. The standard InChI is InChI=1S/C20H28N8O3/c1-31-15-7-8-16(17(12-15)28(29)30)22-18-23-19(26-9-3-2-4-10-26)25-20(24-18)27-11-5-6-14(21)13-27/h7-8,12,14H,2-6,9-11,13,21H2,1H3,(H,22,23,24,25)/t14-/m1/s1. The summed E-state index contributed by atoms with van der Waals surface area (Å²) in [6.45, 7) is 3.25. The molecular formula is C20H28N8O3. The van der Waals surface area contributed by atoms with Crippen LogP contribution < -0.4 is 25.6 Å². The molecule has 2 fully saturated rings. The van der Waals surface area contributed by atoms with Gasteiger partial charge in [-0.2, -0.15) is 15.0 Å². The molecule has 0 unspecified atom stereocenters. The van der Waals surface area contributed by atoms with Gasteiger partial charge >= 0.3 is 0 Å². The highest BCUT2D eigenvalue weighted by atomic mass is 16.6. The third kappa shape index (κ3) is 4.93. The number of rotatable bonds is 6. The van der Waals surface area contributed by atoms with Gasteiger partial charge in [-0.15, -0.1) is 0 Å². The van der Waals surface area contributed by atoms with E-state index in [0.717, 1.165) is 45.3 Å². The second-order valence-corrected chi connectivity index (χ2v) is 7.92. The molecule has 166 valence electrons. The fourth-order valence-corrected chi connectivity index (χ4v) is 3.99. The number of piperidine rings is 2. The van der Waals surface area contributed by atoms with Crippen LogP contribution >= 0.6 is 0 Å². The van der Waals surface area contributed by atoms with Crippen LogP contribution in [-0.4, -0.2) is 59.2 Å². The van der Waals surface area contributed by atoms with Gasteiger partial charge in [0.1, 0.15) is 11.4 Å². The van der Waals surface area contributed by atoms with Crippen LogP contribution in [0.3, 0.4) is 0 Å². The zero-order valence-electron chi connectivity index (χ0n) is 17.7. The number of nitrogens with two attached hydrogens (primary N) is 1. The molecule has 2 aliphatic heterocycles. The number of nitro benzene ring substituents is 1. The molecule has 3 heterocycles. The van der Waals surface area contributed by atoms with E-state index in [0.29, 0.717) is 29.9 Å². The van der Waals surface area contributed by atoms with Crippen molar-refractivity contribution in [2.24, 2.45) is 5.73 Å². The van der Waals surface area contributed by atoms with Crippen molar-refractivity contribution < 1.29 is 9.66 Å². The van der Waals surface area contributed by atoms with Gasteiger partial charge in [-0.25, -0.2) is 0 Å². The summed E-state index contributed by atoms with van der Waals surface area (Å²) in [5.41, 5.74) is 6.34. The van der Waals surface area contributed by atoms with Crippen molar-refractivity contribution in [3.05, 3.63) is 28.3 Å². The number of ether oxygens (including phenoxy) is 1. The maximum atomic E-state index is 11.6. The fourth-order valence-electron chi connectivity index (χ4n) is 3.99. The molecule has 0 spiro atoms. The van der Waals surface area contributed by atoms with Gasteiger partial charge in [-0.3, -0.25) is 10.1 Å². The molecule has 3 N–H and O–H groups in total. The molecule has 4 rings (SSSR count).